The van der Waals surface area contributed by atoms with E-state index in [0.717, 1.165) is 5.56 Å². The van der Waals surface area contributed by atoms with Crippen molar-refractivity contribution in [3.63, 3.8) is 0 Å². The number of benzene rings is 1. The molecule has 2 N–H and O–H groups in total. The topological polar surface area (TPSA) is 61.8 Å². The number of rotatable bonds is 1. The van der Waals surface area contributed by atoms with Crippen LogP contribution in [-0.4, -0.2) is 35.7 Å². The Hall–Kier alpha value is -1.91. The Labute approximate surface area is 106 Å². The van der Waals surface area contributed by atoms with Gasteiger partial charge in [0.1, 0.15) is 17.1 Å². The van der Waals surface area contributed by atoms with Gasteiger partial charge >= 0.3 is 6.03 Å². The predicted octanol–water partition coefficient (Wildman–Crippen LogP) is 2.20. The zero-order chi connectivity index (χ0) is 13.5. The number of amides is 2. The maximum atomic E-state index is 11.7. The average molecular weight is 250 g/mol. The van der Waals surface area contributed by atoms with E-state index in [0.29, 0.717) is 17.9 Å². The molecule has 1 aromatic rings. The van der Waals surface area contributed by atoms with Gasteiger partial charge in [-0.1, -0.05) is 0 Å². The van der Waals surface area contributed by atoms with Crippen LogP contribution in [0.2, 0.25) is 0 Å². The highest BCUT2D eigenvalue weighted by atomic mass is 16.5. The largest absolute Gasteiger partial charge is 0.508 e. The SMILES string of the molecule is CN(C)C(=O)Nc1cc(O)cc2c1OC(C)(C)C2. The standard InChI is InChI=1S/C13H18N2O3/c1-13(2)7-8-5-9(16)6-10(11(8)18-13)14-12(17)15(3)4/h5-6,16H,7H2,1-4H3,(H,14,17). The summed E-state index contributed by atoms with van der Waals surface area (Å²) in [7, 11) is 3.31. The van der Waals surface area contributed by atoms with Gasteiger partial charge in [0.15, 0.2) is 0 Å². The van der Waals surface area contributed by atoms with Crippen molar-refractivity contribution in [1.29, 1.82) is 0 Å². The maximum Gasteiger partial charge on any atom is 0.321 e. The summed E-state index contributed by atoms with van der Waals surface area (Å²) in [6, 6.07) is 2.92. The van der Waals surface area contributed by atoms with Gasteiger partial charge in [0.25, 0.3) is 0 Å². The zero-order valence-corrected chi connectivity index (χ0v) is 11.1. The molecular formula is C13H18N2O3. The first-order valence-electron chi connectivity index (χ1n) is 5.82. The molecule has 5 nitrogen and oxygen atoms in total. The summed E-state index contributed by atoms with van der Waals surface area (Å²) in [6.07, 6.45) is 0.710. The number of nitrogens with zero attached hydrogens (tertiary/aromatic N) is 1. The second kappa shape index (κ2) is 4.08. The van der Waals surface area contributed by atoms with Gasteiger partial charge < -0.3 is 20.1 Å². The molecule has 0 fully saturated rings. The van der Waals surface area contributed by atoms with Gasteiger partial charge in [0, 0.05) is 32.1 Å². The lowest BCUT2D eigenvalue weighted by atomic mass is 10.0. The number of hydrogen-bond acceptors (Lipinski definition) is 3. The van der Waals surface area contributed by atoms with Crippen LogP contribution in [-0.2, 0) is 6.42 Å². The van der Waals surface area contributed by atoms with Crippen molar-refractivity contribution in [3.8, 4) is 11.5 Å². The molecule has 1 aromatic carbocycles. The van der Waals surface area contributed by atoms with Crippen LogP contribution in [0.3, 0.4) is 0 Å². The molecule has 0 radical (unpaired) electrons. The van der Waals surface area contributed by atoms with Crippen LogP contribution in [0.5, 0.6) is 11.5 Å². The monoisotopic (exact) mass is 250 g/mol. The van der Waals surface area contributed by atoms with E-state index in [4.69, 9.17) is 4.74 Å². The van der Waals surface area contributed by atoms with Crippen molar-refractivity contribution < 1.29 is 14.6 Å². The smallest absolute Gasteiger partial charge is 0.321 e. The predicted molar refractivity (Wildman–Crippen MR) is 69.2 cm³/mol. The number of aromatic hydroxyl groups is 1. The van der Waals surface area contributed by atoms with Crippen molar-refractivity contribution in [2.24, 2.45) is 0 Å². The van der Waals surface area contributed by atoms with Crippen molar-refractivity contribution >= 4 is 11.7 Å². The molecule has 0 atom stereocenters. The van der Waals surface area contributed by atoms with Gasteiger partial charge in [-0.15, -0.1) is 0 Å². The highest BCUT2D eigenvalue weighted by Gasteiger charge is 2.32. The minimum Gasteiger partial charge on any atom is -0.508 e. The van der Waals surface area contributed by atoms with Gasteiger partial charge in [-0.2, -0.15) is 0 Å². The van der Waals surface area contributed by atoms with Crippen molar-refractivity contribution in [2.75, 3.05) is 19.4 Å². The summed E-state index contributed by atoms with van der Waals surface area (Å²) in [5.74, 6) is 0.775. The highest BCUT2D eigenvalue weighted by Crippen LogP contribution is 2.42. The molecule has 1 aliphatic heterocycles. The highest BCUT2D eigenvalue weighted by molar-refractivity contribution is 5.91. The number of carbonyl (C=O) groups excluding carboxylic acids is 1. The number of phenols is 1. The Balaban J connectivity index is 2.36. The van der Waals surface area contributed by atoms with E-state index in [9.17, 15) is 9.90 Å². The van der Waals surface area contributed by atoms with E-state index < -0.39 is 0 Å². The summed E-state index contributed by atoms with van der Waals surface area (Å²) in [5.41, 5.74) is 1.11. The summed E-state index contributed by atoms with van der Waals surface area (Å²) >= 11 is 0. The molecule has 0 bridgehead atoms. The van der Waals surface area contributed by atoms with E-state index in [1.54, 1.807) is 20.2 Å². The quantitative estimate of drug-likeness (QED) is 0.803. The molecule has 5 heteroatoms. The Morgan fingerprint density at radius 3 is 2.72 bits per heavy atom. The Morgan fingerprint density at radius 1 is 1.44 bits per heavy atom. The number of anilines is 1. The number of carbonyl (C=O) groups is 1. The molecule has 0 spiro atoms. The summed E-state index contributed by atoms with van der Waals surface area (Å²) < 4.78 is 5.82. The molecule has 1 aliphatic rings. The van der Waals surface area contributed by atoms with Gasteiger partial charge in [-0.3, -0.25) is 0 Å². The number of fused-ring (bicyclic) bond motifs is 1. The van der Waals surface area contributed by atoms with Crippen LogP contribution >= 0.6 is 0 Å². The van der Waals surface area contributed by atoms with E-state index in [1.165, 1.54) is 11.0 Å². The van der Waals surface area contributed by atoms with Crippen molar-refractivity contribution in [2.45, 2.75) is 25.9 Å². The lowest BCUT2D eigenvalue weighted by Crippen LogP contribution is -2.28. The molecular weight excluding hydrogens is 232 g/mol. The third-order valence-corrected chi connectivity index (χ3v) is 2.79. The molecule has 1 heterocycles. The summed E-state index contributed by atoms with van der Waals surface area (Å²) in [5, 5.41) is 12.4. The number of phenolic OH excluding ortho intramolecular Hbond substituents is 1. The van der Waals surface area contributed by atoms with Crippen LogP contribution in [0, 0.1) is 0 Å². The second-order valence-electron chi connectivity index (χ2n) is 5.34. The first kappa shape index (κ1) is 12.5. The molecule has 2 amide bonds. The lowest BCUT2D eigenvalue weighted by molar-refractivity contribution is 0.139. The Morgan fingerprint density at radius 2 is 2.11 bits per heavy atom. The number of urea groups is 1. The van der Waals surface area contributed by atoms with Gasteiger partial charge in [-0.05, 0) is 19.9 Å². The van der Waals surface area contributed by atoms with Crippen LogP contribution in [0.4, 0.5) is 10.5 Å². The van der Waals surface area contributed by atoms with E-state index in [1.807, 2.05) is 13.8 Å². The Kier molecular flexibility index (Phi) is 2.84. The van der Waals surface area contributed by atoms with Gasteiger partial charge in [0.2, 0.25) is 0 Å². The fraction of sp³-hybridized carbons (Fsp3) is 0.462. The first-order chi connectivity index (χ1) is 8.28. The maximum absolute atomic E-state index is 11.7. The molecule has 0 saturated carbocycles. The molecule has 0 aliphatic carbocycles. The van der Waals surface area contributed by atoms with Crippen molar-refractivity contribution in [3.05, 3.63) is 17.7 Å². The molecule has 98 valence electrons. The van der Waals surface area contributed by atoms with Crippen molar-refractivity contribution in [1.82, 2.24) is 4.90 Å². The molecule has 18 heavy (non-hydrogen) atoms. The van der Waals surface area contributed by atoms with Crippen LogP contribution in [0.25, 0.3) is 0 Å². The van der Waals surface area contributed by atoms with E-state index >= 15 is 0 Å². The molecule has 0 unspecified atom stereocenters. The van der Waals surface area contributed by atoms with Crippen LogP contribution in [0.15, 0.2) is 12.1 Å². The zero-order valence-electron chi connectivity index (χ0n) is 11.1. The average Bonchev–Trinajstić information content (AvgIpc) is 2.52. The molecule has 2 rings (SSSR count). The second-order valence-corrected chi connectivity index (χ2v) is 5.34. The van der Waals surface area contributed by atoms with Gasteiger partial charge in [-0.25, -0.2) is 4.79 Å². The van der Waals surface area contributed by atoms with E-state index in [-0.39, 0.29) is 17.4 Å². The third kappa shape index (κ3) is 2.34. The minimum atomic E-state index is -0.312. The fourth-order valence-electron chi connectivity index (χ4n) is 2.01. The lowest BCUT2D eigenvalue weighted by Gasteiger charge is -2.19. The number of ether oxygens (including phenoxy) is 1. The number of hydrogen-bond donors (Lipinski definition) is 2. The Bertz CT molecular complexity index is 495. The third-order valence-electron chi connectivity index (χ3n) is 2.79. The number of nitrogens with one attached hydrogen (secondary N) is 1. The first-order valence-corrected chi connectivity index (χ1v) is 5.82. The van der Waals surface area contributed by atoms with Crippen LogP contribution < -0.4 is 10.1 Å². The summed E-state index contributed by atoms with van der Waals surface area (Å²) in [4.78, 5) is 13.1. The van der Waals surface area contributed by atoms with E-state index in [2.05, 4.69) is 5.32 Å². The normalized spacial score (nSPS) is 15.8. The molecule has 0 saturated heterocycles. The van der Waals surface area contributed by atoms with Crippen LogP contribution in [0.1, 0.15) is 19.4 Å². The fourth-order valence-corrected chi connectivity index (χ4v) is 2.01. The van der Waals surface area contributed by atoms with Gasteiger partial charge in [0.05, 0.1) is 5.69 Å². The molecule has 0 aromatic heterocycles. The minimum absolute atomic E-state index is 0.129. The summed E-state index contributed by atoms with van der Waals surface area (Å²) in [6.45, 7) is 3.95.